The Morgan fingerprint density at radius 2 is 1.69 bits per heavy atom. The number of hydrogen-bond donors (Lipinski definition) is 1. The van der Waals surface area contributed by atoms with Crippen LogP contribution in [-0.2, 0) is 0 Å². The third-order valence-corrected chi connectivity index (χ3v) is 3.97. The Morgan fingerprint density at radius 1 is 1.06 bits per heavy atom. The molecule has 1 aromatic rings. The lowest BCUT2D eigenvalue weighted by atomic mass is 10.0. The first kappa shape index (κ1) is 9.93. The fraction of sp³-hybridized carbons (Fsp3) is 0.467. The fourth-order valence-electron chi connectivity index (χ4n) is 2.97. The van der Waals surface area contributed by atoms with E-state index in [9.17, 15) is 5.11 Å². The summed E-state index contributed by atoms with van der Waals surface area (Å²) in [5.74, 6) is 7.11. The van der Waals surface area contributed by atoms with Crippen molar-refractivity contribution in [2.24, 2.45) is 11.8 Å². The van der Waals surface area contributed by atoms with Gasteiger partial charge in [-0.05, 0) is 25.0 Å². The van der Waals surface area contributed by atoms with Crippen LogP contribution in [0.25, 0.3) is 0 Å². The minimum Gasteiger partial charge on any atom is -0.377 e. The van der Waals surface area contributed by atoms with Crippen LogP contribution in [0.3, 0.4) is 0 Å². The van der Waals surface area contributed by atoms with Crippen LogP contribution in [0, 0.1) is 23.7 Å². The van der Waals surface area contributed by atoms with E-state index in [2.05, 4.69) is 11.8 Å². The van der Waals surface area contributed by atoms with Crippen LogP contribution in [0.15, 0.2) is 30.3 Å². The van der Waals surface area contributed by atoms with Gasteiger partial charge in [0.15, 0.2) is 0 Å². The molecular formula is C15H16O. The van der Waals surface area contributed by atoms with E-state index in [1.165, 1.54) is 12.8 Å². The lowest BCUT2D eigenvalue weighted by Crippen LogP contribution is -2.08. The molecule has 2 aliphatic rings. The highest BCUT2D eigenvalue weighted by Gasteiger charge is 2.63. The Balaban J connectivity index is 1.79. The first-order chi connectivity index (χ1) is 7.81. The predicted octanol–water partition coefficient (Wildman–Crippen LogP) is 2.59. The van der Waals surface area contributed by atoms with Gasteiger partial charge in [0.1, 0.15) is 5.60 Å². The molecule has 3 rings (SSSR count). The highest BCUT2D eigenvalue weighted by atomic mass is 16.3. The third-order valence-electron chi connectivity index (χ3n) is 3.97. The van der Waals surface area contributed by atoms with Gasteiger partial charge in [-0.15, -0.1) is 0 Å². The zero-order valence-electron chi connectivity index (χ0n) is 9.32. The SMILES string of the molecule is OC1(C#Cc2ccccc2)[C@@H]2CCCC[C@@H]21. The lowest BCUT2D eigenvalue weighted by molar-refractivity contribution is 0.180. The largest absolute Gasteiger partial charge is 0.377 e. The van der Waals surface area contributed by atoms with E-state index in [1.54, 1.807) is 0 Å². The zero-order valence-corrected chi connectivity index (χ0v) is 9.32. The van der Waals surface area contributed by atoms with Crippen LogP contribution >= 0.6 is 0 Å². The lowest BCUT2D eigenvalue weighted by Gasteiger charge is -2.03. The molecule has 3 atom stereocenters. The summed E-state index contributed by atoms with van der Waals surface area (Å²) in [7, 11) is 0. The van der Waals surface area contributed by atoms with E-state index in [1.807, 2.05) is 30.3 Å². The molecule has 1 nitrogen and oxygen atoms in total. The van der Waals surface area contributed by atoms with Gasteiger partial charge in [-0.25, -0.2) is 0 Å². The molecule has 0 saturated heterocycles. The minimum absolute atomic E-state index is 0.456. The molecule has 0 spiro atoms. The van der Waals surface area contributed by atoms with Crippen LogP contribution in [0.1, 0.15) is 31.2 Å². The number of rotatable bonds is 0. The summed E-state index contributed by atoms with van der Waals surface area (Å²) >= 11 is 0. The monoisotopic (exact) mass is 212 g/mol. The predicted molar refractivity (Wildman–Crippen MR) is 63.7 cm³/mol. The van der Waals surface area contributed by atoms with Crippen LogP contribution in [0.4, 0.5) is 0 Å². The maximum Gasteiger partial charge on any atom is 0.132 e. The second-order valence-corrected chi connectivity index (χ2v) is 4.94. The summed E-state index contributed by atoms with van der Waals surface area (Å²) in [6.07, 6.45) is 4.84. The van der Waals surface area contributed by atoms with Gasteiger partial charge in [0.2, 0.25) is 0 Å². The second-order valence-electron chi connectivity index (χ2n) is 4.94. The summed E-state index contributed by atoms with van der Waals surface area (Å²) in [5, 5.41) is 10.4. The van der Waals surface area contributed by atoms with Crippen LogP contribution in [0.5, 0.6) is 0 Å². The fourth-order valence-corrected chi connectivity index (χ4v) is 2.97. The van der Waals surface area contributed by atoms with Crippen molar-refractivity contribution >= 4 is 0 Å². The molecule has 0 heterocycles. The average Bonchev–Trinajstić information content (AvgIpc) is 2.96. The van der Waals surface area contributed by atoms with E-state index < -0.39 is 5.60 Å². The molecule has 1 N–H and O–H groups in total. The van der Waals surface area contributed by atoms with Gasteiger partial charge < -0.3 is 5.11 Å². The van der Waals surface area contributed by atoms with Crippen molar-refractivity contribution in [2.45, 2.75) is 31.3 Å². The van der Waals surface area contributed by atoms with Gasteiger partial charge in [-0.1, -0.05) is 42.9 Å². The van der Waals surface area contributed by atoms with Crippen molar-refractivity contribution in [1.29, 1.82) is 0 Å². The molecule has 0 bridgehead atoms. The molecule has 0 aromatic heterocycles. The molecule has 82 valence electrons. The molecule has 1 unspecified atom stereocenters. The smallest absolute Gasteiger partial charge is 0.132 e. The van der Waals surface area contributed by atoms with Crippen molar-refractivity contribution in [2.75, 3.05) is 0 Å². The van der Waals surface area contributed by atoms with Crippen molar-refractivity contribution < 1.29 is 5.11 Å². The number of fused-ring (bicyclic) bond motifs is 1. The summed E-state index contributed by atoms with van der Waals surface area (Å²) in [5.41, 5.74) is 0.339. The van der Waals surface area contributed by atoms with E-state index >= 15 is 0 Å². The first-order valence-corrected chi connectivity index (χ1v) is 6.11. The van der Waals surface area contributed by atoms with Crippen molar-refractivity contribution in [3.63, 3.8) is 0 Å². The van der Waals surface area contributed by atoms with E-state index in [-0.39, 0.29) is 0 Å². The Kier molecular flexibility index (Phi) is 2.26. The Labute approximate surface area is 96.5 Å². The molecule has 0 aliphatic heterocycles. The third kappa shape index (κ3) is 1.54. The van der Waals surface area contributed by atoms with E-state index in [0.29, 0.717) is 11.8 Å². The molecular weight excluding hydrogens is 196 g/mol. The molecule has 2 aliphatic carbocycles. The van der Waals surface area contributed by atoms with Gasteiger partial charge in [-0.3, -0.25) is 0 Å². The number of aliphatic hydroxyl groups is 1. The highest BCUT2D eigenvalue weighted by molar-refractivity contribution is 5.40. The second kappa shape index (κ2) is 3.64. The standard InChI is InChI=1S/C15H16O/c16-15(13-8-4-5-9-14(13)15)11-10-12-6-2-1-3-7-12/h1-3,6-7,13-14,16H,4-5,8-9H2/t13-,14+,15?. The highest BCUT2D eigenvalue weighted by Crippen LogP contribution is 2.58. The molecule has 0 amide bonds. The molecule has 2 saturated carbocycles. The summed E-state index contributed by atoms with van der Waals surface area (Å²) in [4.78, 5) is 0. The van der Waals surface area contributed by atoms with Crippen LogP contribution < -0.4 is 0 Å². The number of benzene rings is 1. The Hall–Kier alpha value is -1.26. The minimum atomic E-state index is -0.660. The molecule has 1 heteroatoms. The average molecular weight is 212 g/mol. The number of hydrogen-bond acceptors (Lipinski definition) is 1. The molecule has 16 heavy (non-hydrogen) atoms. The topological polar surface area (TPSA) is 20.2 Å². The van der Waals surface area contributed by atoms with Gasteiger partial charge >= 0.3 is 0 Å². The first-order valence-electron chi connectivity index (χ1n) is 6.11. The van der Waals surface area contributed by atoms with Crippen LogP contribution in [0.2, 0.25) is 0 Å². The van der Waals surface area contributed by atoms with Gasteiger partial charge in [0, 0.05) is 17.4 Å². The molecule has 0 radical (unpaired) electrons. The zero-order chi connectivity index (χ0) is 11.0. The quantitative estimate of drug-likeness (QED) is 0.655. The van der Waals surface area contributed by atoms with Gasteiger partial charge in [-0.2, -0.15) is 0 Å². The van der Waals surface area contributed by atoms with Crippen LogP contribution in [-0.4, -0.2) is 10.7 Å². The Morgan fingerprint density at radius 3 is 2.31 bits per heavy atom. The van der Waals surface area contributed by atoms with Crippen molar-refractivity contribution in [1.82, 2.24) is 0 Å². The molecule has 1 aromatic carbocycles. The summed E-state index contributed by atoms with van der Waals surface area (Å²) < 4.78 is 0. The normalized spacial score (nSPS) is 35.8. The van der Waals surface area contributed by atoms with Crippen molar-refractivity contribution in [3.8, 4) is 11.8 Å². The summed E-state index contributed by atoms with van der Waals surface area (Å²) in [6.45, 7) is 0. The van der Waals surface area contributed by atoms with Gasteiger partial charge in [0.05, 0.1) is 0 Å². The van der Waals surface area contributed by atoms with Gasteiger partial charge in [0.25, 0.3) is 0 Å². The van der Waals surface area contributed by atoms with Crippen molar-refractivity contribution in [3.05, 3.63) is 35.9 Å². The Bertz CT molecular complexity index is 425. The van der Waals surface area contributed by atoms with E-state index in [0.717, 1.165) is 18.4 Å². The molecule has 2 fully saturated rings. The maximum atomic E-state index is 10.4. The summed E-state index contributed by atoms with van der Waals surface area (Å²) in [6, 6.07) is 9.92. The maximum absolute atomic E-state index is 10.4. The van der Waals surface area contributed by atoms with E-state index in [4.69, 9.17) is 0 Å².